The largest absolute Gasteiger partial charge is 0.385 e. The van der Waals surface area contributed by atoms with E-state index in [2.05, 4.69) is 18.4 Å². The summed E-state index contributed by atoms with van der Waals surface area (Å²) in [6, 6.07) is 5.84. The molecule has 0 aliphatic rings. The molecule has 2 aromatic rings. The monoisotopic (exact) mass is 328 g/mol. The fourth-order valence-electron chi connectivity index (χ4n) is 2.52. The van der Waals surface area contributed by atoms with Gasteiger partial charge >= 0.3 is 0 Å². The number of para-hydroxylation sites is 1. The zero-order chi connectivity index (χ0) is 15.5. The first-order valence-electron chi connectivity index (χ1n) is 7.17. The molecule has 0 aliphatic carbocycles. The van der Waals surface area contributed by atoms with E-state index in [4.69, 9.17) is 32.9 Å². The van der Waals surface area contributed by atoms with E-state index in [1.54, 1.807) is 7.11 Å². The second kappa shape index (κ2) is 6.99. The summed E-state index contributed by atoms with van der Waals surface area (Å²) in [6.07, 6.45) is 1.72. The Labute approximate surface area is 136 Å². The molecular formula is C16H22Cl2N2O. The maximum atomic E-state index is 6.39. The minimum atomic E-state index is 0.101. The number of halogens is 2. The van der Waals surface area contributed by atoms with Gasteiger partial charge in [-0.2, -0.15) is 0 Å². The lowest BCUT2D eigenvalue weighted by atomic mass is 9.89. The van der Waals surface area contributed by atoms with Gasteiger partial charge in [0.1, 0.15) is 5.82 Å². The van der Waals surface area contributed by atoms with Gasteiger partial charge in [0.15, 0.2) is 0 Å². The number of methoxy groups -OCH3 is 1. The van der Waals surface area contributed by atoms with Crippen molar-refractivity contribution in [2.24, 2.45) is 5.41 Å². The summed E-state index contributed by atoms with van der Waals surface area (Å²) in [5, 5.41) is 0.739. The van der Waals surface area contributed by atoms with Crippen LogP contribution in [-0.4, -0.2) is 29.1 Å². The highest BCUT2D eigenvalue weighted by Crippen LogP contribution is 2.30. The maximum Gasteiger partial charge on any atom is 0.111 e. The smallest absolute Gasteiger partial charge is 0.111 e. The van der Waals surface area contributed by atoms with Crippen LogP contribution in [0.4, 0.5) is 0 Å². The number of hydrogen-bond acceptors (Lipinski definition) is 2. The fraction of sp³-hybridized carbons (Fsp3) is 0.562. The van der Waals surface area contributed by atoms with Crippen LogP contribution >= 0.6 is 23.2 Å². The lowest BCUT2D eigenvalue weighted by Crippen LogP contribution is -2.23. The molecule has 0 amide bonds. The molecule has 0 saturated heterocycles. The number of rotatable bonds is 7. The van der Waals surface area contributed by atoms with E-state index in [0.29, 0.717) is 5.88 Å². The summed E-state index contributed by atoms with van der Waals surface area (Å²) in [5.41, 5.74) is 2.04. The van der Waals surface area contributed by atoms with Crippen molar-refractivity contribution in [2.45, 2.75) is 33.2 Å². The number of imidazole rings is 1. The molecule has 0 aliphatic heterocycles. The minimum absolute atomic E-state index is 0.101. The SMILES string of the molecule is COCCC(C)(C)Cn1c(CCCl)nc2cccc(Cl)c21. The number of nitrogens with zero attached hydrogens (tertiary/aromatic N) is 2. The molecule has 0 atom stereocenters. The highest BCUT2D eigenvalue weighted by atomic mass is 35.5. The number of hydrogen-bond donors (Lipinski definition) is 0. The standard InChI is InChI=1S/C16H22Cl2N2O/c1-16(2,8-10-21-3)11-20-14(7-9-17)19-13-6-4-5-12(18)15(13)20/h4-6H,7-11H2,1-3H3. The van der Waals surface area contributed by atoms with Crippen molar-refractivity contribution in [3.05, 3.63) is 29.0 Å². The van der Waals surface area contributed by atoms with Gasteiger partial charge in [0, 0.05) is 32.6 Å². The van der Waals surface area contributed by atoms with E-state index in [9.17, 15) is 0 Å². The van der Waals surface area contributed by atoms with Crippen LogP contribution < -0.4 is 0 Å². The average molecular weight is 329 g/mol. The number of fused-ring (bicyclic) bond motifs is 1. The number of ether oxygens (including phenoxy) is 1. The van der Waals surface area contributed by atoms with Crippen LogP contribution in [-0.2, 0) is 17.7 Å². The molecule has 2 rings (SSSR count). The summed E-state index contributed by atoms with van der Waals surface area (Å²) in [7, 11) is 1.73. The molecule has 1 heterocycles. The van der Waals surface area contributed by atoms with Crippen molar-refractivity contribution in [1.82, 2.24) is 9.55 Å². The second-order valence-electron chi connectivity index (χ2n) is 6.07. The predicted octanol–water partition coefficient (Wildman–Crippen LogP) is 4.53. The van der Waals surface area contributed by atoms with Crippen molar-refractivity contribution < 1.29 is 4.74 Å². The molecule has 3 nitrogen and oxygen atoms in total. The molecule has 1 aromatic carbocycles. The molecule has 0 spiro atoms. The zero-order valence-electron chi connectivity index (χ0n) is 12.8. The van der Waals surface area contributed by atoms with E-state index in [1.165, 1.54) is 0 Å². The molecule has 0 radical (unpaired) electrons. The van der Waals surface area contributed by atoms with Crippen LogP contribution in [0.15, 0.2) is 18.2 Å². The lowest BCUT2D eigenvalue weighted by Gasteiger charge is -2.26. The molecule has 0 unspecified atom stereocenters. The zero-order valence-corrected chi connectivity index (χ0v) is 14.3. The second-order valence-corrected chi connectivity index (χ2v) is 6.85. The molecule has 5 heteroatoms. The number of aromatic nitrogens is 2. The Morgan fingerprint density at radius 1 is 1.33 bits per heavy atom. The molecule has 0 saturated carbocycles. The molecule has 21 heavy (non-hydrogen) atoms. The number of aryl methyl sites for hydroxylation is 1. The molecule has 0 N–H and O–H groups in total. The Kier molecular flexibility index (Phi) is 5.53. The van der Waals surface area contributed by atoms with E-state index in [0.717, 1.165) is 47.9 Å². The number of alkyl halides is 1. The van der Waals surface area contributed by atoms with Crippen LogP contribution in [0.1, 0.15) is 26.1 Å². The van der Waals surface area contributed by atoms with Gasteiger partial charge in [0.25, 0.3) is 0 Å². The maximum absolute atomic E-state index is 6.39. The Balaban J connectivity index is 2.42. The van der Waals surface area contributed by atoms with E-state index in [1.807, 2.05) is 18.2 Å². The van der Waals surface area contributed by atoms with Gasteiger partial charge in [-0.3, -0.25) is 0 Å². The van der Waals surface area contributed by atoms with Gasteiger partial charge in [-0.1, -0.05) is 31.5 Å². The van der Waals surface area contributed by atoms with Crippen LogP contribution in [0.25, 0.3) is 11.0 Å². The molecular weight excluding hydrogens is 307 g/mol. The summed E-state index contributed by atoms with van der Waals surface area (Å²) in [4.78, 5) is 4.69. The van der Waals surface area contributed by atoms with Crippen LogP contribution in [0.2, 0.25) is 5.02 Å². The van der Waals surface area contributed by atoms with Crippen molar-refractivity contribution in [2.75, 3.05) is 19.6 Å². The molecule has 1 aromatic heterocycles. The van der Waals surface area contributed by atoms with Crippen LogP contribution in [0, 0.1) is 5.41 Å². The van der Waals surface area contributed by atoms with Gasteiger partial charge in [-0.15, -0.1) is 11.6 Å². The van der Waals surface area contributed by atoms with Crippen molar-refractivity contribution >= 4 is 34.2 Å². The third kappa shape index (κ3) is 3.91. The summed E-state index contributed by atoms with van der Waals surface area (Å²) in [5.74, 6) is 1.55. The summed E-state index contributed by atoms with van der Waals surface area (Å²) < 4.78 is 7.43. The first kappa shape index (κ1) is 16.6. The normalized spacial score (nSPS) is 12.2. The average Bonchev–Trinajstić information content (AvgIpc) is 2.76. The lowest BCUT2D eigenvalue weighted by molar-refractivity contribution is 0.142. The fourth-order valence-corrected chi connectivity index (χ4v) is 2.96. The van der Waals surface area contributed by atoms with Crippen molar-refractivity contribution in [1.29, 1.82) is 0 Å². The predicted molar refractivity (Wildman–Crippen MR) is 89.4 cm³/mol. The summed E-state index contributed by atoms with van der Waals surface area (Å²) >= 11 is 12.3. The Bertz CT molecular complexity index is 608. The van der Waals surface area contributed by atoms with Crippen LogP contribution in [0.3, 0.4) is 0 Å². The van der Waals surface area contributed by atoms with Gasteiger partial charge in [0.05, 0.1) is 16.1 Å². The highest BCUT2D eigenvalue weighted by Gasteiger charge is 2.22. The van der Waals surface area contributed by atoms with E-state index >= 15 is 0 Å². The Morgan fingerprint density at radius 3 is 2.76 bits per heavy atom. The van der Waals surface area contributed by atoms with E-state index in [-0.39, 0.29) is 5.41 Å². The first-order chi connectivity index (χ1) is 9.98. The Hall–Kier alpha value is -0.770. The van der Waals surface area contributed by atoms with Gasteiger partial charge in [0.2, 0.25) is 0 Å². The molecule has 116 valence electrons. The van der Waals surface area contributed by atoms with Gasteiger partial charge in [-0.25, -0.2) is 4.98 Å². The van der Waals surface area contributed by atoms with Crippen LogP contribution in [0.5, 0.6) is 0 Å². The Morgan fingerprint density at radius 2 is 2.10 bits per heavy atom. The van der Waals surface area contributed by atoms with Crippen molar-refractivity contribution in [3.8, 4) is 0 Å². The van der Waals surface area contributed by atoms with E-state index < -0.39 is 0 Å². The quantitative estimate of drug-likeness (QED) is 0.698. The third-order valence-corrected chi connectivity index (χ3v) is 4.18. The minimum Gasteiger partial charge on any atom is -0.385 e. The van der Waals surface area contributed by atoms with Gasteiger partial charge in [-0.05, 0) is 24.0 Å². The topological polar surface area (TPSA) is 27.1 Å². The highest BCUT2D eigenvalue weighted by molar-refractivity contribution is 6.35. The summed E-state index contributed by atoms with van der Waals surface area (Å²) in [6.45, 7) is 6.07. The number of benzene rings is 1. The molecule has 0 bridgehead atoms. The third-order valence-electron chi connectivity index (χ3n) is 3.68. The first-order valence-corrected chi connectivity index (χ1v) is 8.08. The van der Waals surface area contributed by atoms with Gasteiger partial charge < -0.3 is 9.30 Å². The molecule has 0 fully saturated rings. The van der Waals surface area contributed by atoms with Crippen molar-refractivity contribution in [3.63, 3.8) is 0 Å².